The highest BCUT2D eigenvalue weighted by Crippen LogP contribution is 2.13. The highest BCUT2D eigenvalue weighted by molar-refractivity contribution is 5.82. The molecule has 2 atom stereocenters. The minimum absolute atomic E-state index is 0.101. The van der Waals surface area contributed by atoms with E-state index < -0.39 is 5.91 Å². The molecule has 4 N–H and O–H groups in total. The summed E-state index contributed by atoms with van der Waals surface area (Å²) in [6, 6.07) is 6.81. The molecule has 0 aromatic heterocycles. The van der Waals surface area contributed by atoms with Gasteiger partial charge in [0, 0.05) is 13.1 Å². The zero-order chi connectivity index (χ0) is 15.9. The number of morpholine rings is 1. The molecule has 1 saturated heterocycles. The number of rotatable bonds is 6. The Kier molecular flexibility index (Phi) is 5.74. The van der Waals surface area contributed by atoms with Crippen LogP contribution in [-0.2, 0) is 20.9 Å². The molecule has 120 valence electrons. The number of primary amides is 1. The highest BCUT2D eigenvalue weighted by atomic mass is 16.5. The van der Waals surface area contributed by atoms with Crippen molar-refractivity contribution in [3.8, 4) is 5.75 Å². The fourth-order valence-electron chi connectivity index (χ4n) is 2.23. The van der Waals surface area contributed by atoms with E-state index in [0.29, 0.717) is 25.4 Å². The number of carbonyl (C=O) groups excluding carboxylic acids is 2. The summed E-state index contributed by atoms with van der Waals surface area (Å²) in [6.45, 7) is 3.35. The lowest BCUT2D eigenvalue weighted by atomic mass is 10.1. The molecule has 0 saturated carbocycles. The van der Waals surface area contributed by atoms with E-state index in [2.05, 4.69) is 10.6 Å². The normalized spacial score (nSPS) is 21.1. The lowest BCUT2D eigenvalue weighted by molar-refractivity contribution is -0.129. The second kappa shape index (κ2) is 7.77. The number of nitrogens with one attached hydrogen (secondary N) is 2. The van der Waals surface area contributed by atoms with Crippen LogP contribution in [0, 0.1) is 0 Å². The van der Waals surface area contributed by atoms with Gasteiger partial charge in [0.15, 0.2) is 6.61 Å². The maximum atomic E-state index is 12.1. The number of benzene rings is 1. The standard InChI is InChI=1S/C15H21N3O4/c1-10-14(17-5-6-21-10)15(20)18-8-11-3-2-4-12(7-11)22-9-13(16)19/h2-4,7,10,14,17H,5-6,8-9H2,1H3,(H2,16,19)(H,18,20)/t10-,14+/m1/s1. The topological polar surface area (TPSA) is 103 Å². The number of carbonyl (C=O) groups is 2. The summed E-state index contributed by atoms with van der Waals surface area (Å²) in [4.78, 5) is 22.8. The Labute approximate surface area is 129 Å². The summed E-state index contributed by atoms with van der Waals surface area (Å²) in [6.07, 6.45) is -0.154. The molecule has 1 aromatic rings. The smallest absolute Gasteiger partial charge is 0.255 e. The van der Waals surface area contributed by atoms with E-state index in [4.69, 9.17) is 15.2 Å². The molecule has 2 amide bonds. The van der Waals surface area contributed by atoms with Gasteiger partial charge in [-0.05, 0) is 24.6 Å². The molecule has 0 bridgehead atoms. The van der Waals surface area contributed by atoms with Crippen molar-refractivity contribution in [2.45, 2.75) is 25.6 Å². The maximum absolute atomic E-state index is 12.1. The van der Waals surface area contributed by atoms with Gasteiger partial charge >= 0.3 is 0 Å². The zero-order valence-electron chi connectivity index (χ0n) is 12.5. The Morgan fingerprint density at radius 2 is 2.32 bits per heavy atom. The summed E-state index contributed by atoms with van der Waals surface area (Å²) in [7, 11) is 0. The van der Waals surface area contributed by atoms with Crippen molar-refractivity contribution in [3.63, 3.8) is 0 Å². The van der Waals surface area contributed by atoms with Crippen molar-refractivity contribution in [2.75, 3.05) is 19.8 Å². The van der Waals surface area contributed by atoms with Gasteiger partial charge in [0.1, 0.15) is 11.8 Å². The van der Waals surface area contributed by atoms with E-state index in [1.54, 1.807) is 18.2 Å². The van der Waals surface area contributed by atoms with Gasteiger partial charge < -0.3 is 25.8 Å². The highest BCUT2D eigenvalue weighted by Gasteiger charge is 2.27. The summed E-state index contributed by atoms with van der Waals surface area (Å²) < 4.78 is 10.7. The molecule has 1 fully saturated rings. The lowest BCUT2D eigenvalue weighted by Gasteiger charge is -2.29. The molecule has 1 aliphatic rings. The van der Waals surface area contributed by atoms with Crippen LogP contribution in [0.5, 0.6) is 5.75 Å². The summed E-state index contributed by atoms with van der Waals surface area (Å²) in [5, 5.41) is 6.00. The molecule has 1 aliphatic heterocycles. The fourth-order valence-corrected chi connectivity index (χ4v) is 2.23. The Hall–Kier alpha value is -2.12. The first-order chi connectivity index (χ1) is 10.6. The average molecular weight is 307 g/mol. The third-order valence-corrected chi connectivity index (χ3v) is 3.35. The molecule has 0 spiro atoms. The first kappa shape index (κ1) is 16.3. The first-order valence-electron chi connectivity index (χ1n) is 7.19. The molecule has 7 nitrogen and oxygen atoms in total. The Morgan fingerprint density at radius 3 is 3.05 bits per heavy atom. The number of ether oxygens (including phenoxy) is 2. The van der Waals surface area contributed by atoms with Crippen molar-refractivity contribution in [3.05, 3.63) is 29.8 Å². The van der Waals surface area contributed by atoms with E-state index in [9.17, 15) is 9.59 Å². The molecule has 0 radical (unpaired) electrons. The van der Waals surface area contributed by atoms with Crippen molar-refractivity contribution < 1.29 is 19.1 Å². The number of nitrogens with two attached hydrogens (primary N) is 1. The quantitative estimate of drug-likeness (QED) is 0.660. The van der Waals surface area contributed by atoms with Crippen LogP contribution in [0.2, 0.25) is 0 Å². The van der Waals surface area contributed by atoms with Crippen molar-refractivity contribution in [2.24, 2.45) is 5.73 Å². The first-order valence-corrected chi connectivity index (χ1v) is 7.19. The van der Waals surface area contributed by atoms with Gasteiger partial charge in [-0.3, -0.25) is 9.59 Å². The van der Waals surface area contributed by atoms with Gasteiger partial charge in [-0.2, -0.15) is 0 Å². The van der Waals surface area contributed by atoms with Crippen molar-refractivity contribution in [1.29, 1.82) is 0 Å². The lowest BCUT2D eigenvalue weighted by Crippen LogP contribution is -2.55. The van der Waals surface area contributed by atoms with E-state index in [1.165, 1.54) is 0 Å². The third kappa shape index (κ3) is 4.71. The summed E-state index contributed by atoms with van der Waals surface area (Å²) in [5.41, 5.74) is 5.91. The van der Waals surface area contributed by atoms with Gasteiger partial charge in [-0.1, -0.05) is 12.1 Å². The van der Waals surface area contributed by atoms with Gasteiger partial charge in [0.05, 0.1) is 12.7 Å². The molecule has 1 aromatic carbocycles. The van der Waals surface area contributed by atoms with Crippen LogP contribution in [0.15, 0.2) is 24.3 Å². The van der Waals surface area contributed by atoms with Gasteiger partial charge in [-0.15, -0.1) is 0 Å². The van der Waals surface area contributed by atoms with E-state index in [0.717, 1.165) is 5.56 Å². The van der Waals surface area contributed by atoms with E-state index in [1.807, 2.05) is 13.0 Å². The molecule has 2 rings (SSSR count). The molecule has 0 aliphatic carbocycles. The van der Waals surface area contributed by atoms with Crippen LogP contribution in [0.3, 0.4) is 0 Å². The number of hydrogen-bond acceptors (Lipinski definition) is 5. The Morgan fingerprint density at radius 1 is 1.50 bits per heavy atom. The fraction of sp³-hybridized carbons (Fsp3) is 0.467. The second-order valence-corrected chi connectivity index (χ2v) is 5.13. The van der Waals surface area contributed by atoms with Crippen molar-refractivity contribution in [1.82, 2.24) is 10.6 Å². The largest absolute Gasteiger partial charge is 0.484 e. The zero-order valence-corrected chi connectivity index (χ0v) is 12.5. The predicted octanol–water partition coefficient (Wildman–Crippen LogP) is -0.456. The van der Waals surface area contributed by atoms with E-state index >= 15 is 0 Å². The third-order valence-electron chi connectivity index (χ3n) is 3.35. The number of amides is 2. The van der Waals surface area contributed by atoms with Gasteiger partial charge in [0.2, 0.25) is 5.91 Å². The minimum Gasteiger partial charge on any atom is -0.484 e. The summed E-state index contributed by atoms with van der Waals surface area (Å²) in [5.74, 6) is -0.0928. The predicted molar refractivity (Wildman–Crippen MR) is 80.2 cm³/mol. The monoisotopic (exact) mass is 307 g/mol. The van der Waals surface area contributed by atoms with Gasteiger partial charge in [0.25, 0.3) is 5.91 Å². The molecule has 7 heteroatoms. The number of hydrogen-bond donors (Lipinski definition) is 3. The Bertz CT molecular complexity index is 535. The maximum Gasteiger partial charge on any atom is 0.255 e. The Balaban J connectivity index is 1.86. The van der Waals surface area contributed by atoms with Crippen LogP contribution < -0.4 is 21.1 Å². The average Bonchev–Trinajstić information content (AvgIpc) is 2.51. The molecule has 1 heterocycles. The van der Waals surface area contributed by atoms with Crippen LogP contribution in [0.4, 0.5) is 0 Å². The van der Waals surface area contributed by atoms with Crippen LogP contribution in [0.25, 0.3) is 0 Å². The van der Waals surface area contributed by atoms with Crippen LogP contribution in [-0.4, -0.2) is 43.7 Å². The van der Waals surface area contributed by atoms with E-state index in [-0.39, 0.29) is 24.7 Å². The van der Waals surface area contributed by atoms with Crippen molar-refractivity contribution >= 4 is 11.8 Å². The molecule has 0 unspecified atom stereocenters. The minimum atomic E-state index is -0.531. The van der Waals surface area contributed by atoms with Crippen LogP contribution in [0.1, 0.15) is 12.5 Å². The summed E-state index contributed by atoms with van der Waals surface area (Å²) >= 11 is 0. The molecule has 22 heavy (non-hydrogen) atoms. The molecular formula is C15H21N3O4. The van der Waals surface area contributed by atoms with Crippen LogP contribution >= 0.6 is 0 Å². The van der Waals surface area contributed by atoms with Gasteiger partial charge in [-0.25, -0.2) is 0 Å². The SMILES string of the molecule is C[C@H]1OCCN[C@@H]1C(=O)NCc1cccc(OCC(N)=O)c1. The molecular weight excluding hydrogens is 286 g/mol. The second-order valence-electron chi connectivity index (χ2n) is 5.13.